The Morgan fingerprint density at radius 1 is 0.446 bits per heavy atom. The fourth-order valence-corrected chi connectivity index (χ4v) is 6.29. The molecule has 0 aliphatic carbocycles. The van der Waals surface area contributed by atoms with Gasteiger partial charge >= 0.3 is 0 Å². The first kappa shape index (κ1) is 53.0. The molecule has 0 saturated heterocycles. The van der Waals surface area contributed by atoms with Crippen LogP contribution in [0.4, 0.5) is 0 Å². The molecule has 0 fully saturated rings. The number of allylic oxidation sites excluding steroid dienone is 18. The summed E-state index contributed by atoms with van der Waals surface area (Å²) in [5, 5.41) is 22.6. The molecule has 0 aliphatic heterocycles. The molecule has 4 heteroatoms. The lowest BCUT2D eigenvalue weighted by atomic mass is 10.0. The van der Waals surface area contributed by atoms with E-state index in [1.54, 1.807) is 0 Å². The molecule has 2 atom stereocenters. The zero-order valence-corrected chi connectivity index (χ0v) is 36.4. The Morgan fingerprint density at radius 2 is 0.786 bits per heavy atom. The molecule has 0 aromatic carbocycles. The predicted octanol–water partition coefficient (Wildman–Crippen LogP) is 14.8. The van der Waals surface area contributed by atoms with E-state index in [0.29, 0.717) is 12.8 Å². The maximum Gasteiger partial charge on any atom is 0.220 e. The summed E-state index contributed by atoms with van der Waals surface area (Å²) in [5.74, 6) is -0.0498. The third-order valence-corrected chi connectivity index (χ3v) is 9.80. The van der Waals surface area contributed by atoms with Gasteiger partial charge in [0.15, 0.2) is 0 Å². The second-order valence-corrected chi connectivity index (χ2v) is 15.1. The molecular weight excluding hydrogens is 687 g/mol. The monoisotopic (exact) mass is 774 g/mol. The zero-order valence-electron chi connectivity index (χ0n) is 36.4. The molecule has 318 valence electrons. The van der Waals surface area contributed by atoms with Crippen LogP contribution < -0.4 is 5.32 Å². The van der Waals surface area contributed by atoms with Crippen molar-refractivity contribution in [2.75, 3.05) is 6.61 Å². The van der Waals surface area contributed by atoms with Crippen molar-refractivity contribution in [3.05, 3.63) is 109 Å². The van der Waals surface area contributed by atoms with Gasteiger partial charge in [0.1, 0.15) is 0 Å². The predicted molar refractivity (Wildman–Crippen MR) is 248 cm³/mol. The molecule has 0 heterocycles. The van der Waals surface area contributed by atoms with Crippen LogP contribution in [0.25, 0.3) is 0 Å². The van der Waals surface area contributed by atoms with E-state index >= 15 is 0 Å². The van der Waals surface area contributed by atoms with E-state index in [1.807, 2.05) is 0 Å². The summed E-state index contributed by atoms with van der Waals surface area (Å²) < 4.78 is 0. The minimum atomic E-state index is -0.660. The Labute approximate surface area is 346 Å². The molecule has 0 radical (unpaired) electrons. The highest BCUT2D eigenvalue weighted by molar-refractivity contribution is 5.76. The minimum absolute atomic E-state index is 0.0498. The molecular formula is C52H87NO3. The summed E-state index contributed by atoms with van der Waals surface area (Å²) >= 11 is 0. The van der Waals surface area contributed by atoms with Crippen molar-refractivity contribution in [3.8, 4) is 0 Å². The number of hydrogen-bond acceptors (Lipinski definition) is 3. The van der Waals surface area contributed by atoms with Crippen LogP contribution in [-0.2, 0) is 4.79 Å². The van der Waals surface area contributed by atoms with Crippen molar-refractivity contribution in [1.29, 1.82) is 0 Å². The zero-order chi connectivity index (χ0) is 40.7. The number of carbonyl (C=O) groups is 1. The standard InChI is InChI=1S/C52H87NO3/c1-3-5-7-8-9-10-11-12-13-14-15-16-17-18-19-20-21-22-23-24-25-26-27-28-29-30-31-32-33-34-35-36-37-38-39-40-41-42-43-44-46-48-52(56)53-50(49-54)51(55)47-45-6-4-2/h5,7,9-10,12-13,15-16,18-19,21-22,24-25,27-28,30-31,50-51,54-55H,3-4,6,8,11,14,17,20,23,26,29,32-49H2,1-2H3,(H,53,56)/b7-5-,10-9-,13-12-,16-15-,19-18-,22-21-,25-24-,28-27-,31-30-. The first-order chi connectivity index (χ1) is 27.7. The summed E-state index contributed by atoms with van der Waals surface area (Å²) in [7, 11) is 0. The van der Waals surface area contributed by atoms with Gasteiger partial charge in [0.2, 0.25) is 5.91 Å². The molecule has 0 aliphatic rings. The van der Waals surface area contributed by atoms with E-state index in [0.717, 1.165) is 89.9 Å². The summed E-state index contributed by atoms with van der Waals surface area (Å²) in [4.78, 5) is 12.2. The average molecular weight is 774 g/mol. The largest absolute Gasteiger partial charge is 0.394 e. The van der Waals surface area contributed by atoms with Crippen LogP contribution in [0, 0.1) is 0 Å². The molecule has 4 nitrogen and oxygen atoms in total. The van der Waals surface area contributed by atoms with Crippen LogP contribution in [0.1, 0.15) is 194 Å². The average Bonchev–Trinajstić information content (AvgIpc) is 3.20. The number of amides is 1. The van der Waals surface area contributed by atoms with Crippen LogP contribution in [0.5, 0.6) is 0 Å². The molecule has 0 saturated carbocycles. The van der Waals surface area contributed by atoms with Crippen molar-refractivity contribution in [2.45, 2.75) is 206 Å². The number of rotatable bonds is 40. The second kappa shape index (κ2) is 46.4. The molecule has 0 bridgehead atoms. The fourth-order valence-electron chi connectivity index (χ4n) is 6.29. The summed E-state index contributed by atoms with van der Waals surface area (Å²) in [6.07, 6.45) is 71.1. The van der Waals surface area contributed by atoms with Gasteiger partial charge in [-0.15, -0.1) is 0 Å². The van der Waals surface area contributed by atoms with Gasteiger partial charge in [-0.05, 0) is 83.5 Å². The molecule has 3 N–H and O–H groups in total. The van der Waals surface area contributed by atoms with Crippen molar-refractivity contribution in [3.63, 3.8) is 0 Å². The summed E-state index contributed by atoms with van der Waals surface area (Å²) in [5.41, 5.74) is 0. The molecule has 0 rings (SSSR count). The third kappa shape index (κ3) is 42.2. The lowest BCUT2D eigenvalue weighted by Crippen LogP contribution is -2.45. The topological polar surface area (TPSA) is 69.6 Å². The lowest BCUT2D eigenvalue weighted by Gasteiger charge is -2.22. The maximum absolute atomic E-state index is 12.2. The number of aliphatic hydroxyl groups excluding tert-OH is 2. The highest BCUT2D eigenvalue weighted by Crippen LogP contribution is 2.14. The Bertz CT molecular complexity index is 1110. The fraction of sp³-hybridized carbons (Fsp3) is 0.635. The normalized spacial score (nSPS) is 14.0. The lowest BCUT2D eigenvalue weighted by molar-refractivity contribution is -0.123. The number of hydrogen-bond donors (Lipinski definition) is 3. The van der Waals surface area contributed by atoms with E-state index in [4.69, 9.17) is 0 Å². The molecule has 1 amide bonds. The smallest absolute Gasteiger partial charge is 0.220 e. The first-order valence-electron chi connectivity index (χ1n) is 23.1. The number of nitrogens with one attached hydrogen (secondary N) is 1. The van der Waals surface area contributed by atoms with Crippen LogP contribution >= 0.6 is 0 Å². The Hall–Kier alpha value is -2.95. The minimum Gasteiger partial charge on any atom is -0.394 e. The third-order valence-electron chi connectivity index (χ3n) is 9.80. The summed E-state index contributed by atoms with van der Waals surface area (Å²) in [6, 6.07) is -0.537. The molecule has 0 spiro atoms. The Kier molecular flexibility index (Phi) is 44.0. The first-order valence-corrected chi connectivity index (χ1v) is 23.1. The van der Waals surface area contributed by atoms with Crippen LogP contribution in [0.15, 0.2) is 109 Å². The van der Waals surface area contributed by atoms with Crippen LogP contribution in [0.2, 0.25) is 0 Å². The van der Waals surface area contributed by atoms with Gasteiger partial charge in [0.25, 0.3) is 0 Å². The van der Waals surface area contributed by atoms with Gasteiger partial charge in [-0.25, -0.2) is 0 Å². The Balaban J connectivity index is 3.50. The molecule has 56 heavy (non-hydrogen) atoms. The van der Waals surface area contributed by atoms with Crippen molar-refractivity contribution >= 4 is 5.91 Å². The van der Waals surface area contributed by atoms with Gasteiger partial charge in [0.05, 0.1) is 18.8 Å². The van der Waals surface area contributed by atoms with Crippen molar-refractivity contribution in [2.24, 2.45) is 0 Å². The number of unbranched alkanes of at least 4 members (excludes halogenated alkanes) is 15. The van der Waals surface area contributed by atoms with Gasteiger partial charge in [0, 0.05) is 6.42 Å². The quantitative estimate of drug-likeness (QED) is 0.0429. The van der Waals surface area contributed by atoms with Crippen LogP contribution in [0.3, 0.4) is 0 Å². The highest BCUT2D eigenvalue weighted by Gasteiger charge is 2.19. The molecule has 0 aromatic rings. The van der Waals surface area contributed by atoms with Gasteiger partial charge < -0.3 is 15.5 Å². The maximum atomic E-state index is 12.2. The second-order valence-electron chi connectivity index (χ2n) is 15.1. The van der Waals surface area contributed by atoms with Crippen LogP contribution in [-0.4, -0.2) is 34.9 Å². The van der Waals surface area contributed by atoms with Gasteiger partial charge in [-0.2, -0.15) is 0 Å². The van der Waals surface area contributed by atoms with Gasteiger partial charge in [-0.3, -0.25) is 4.79 Å². The summed E-state index contributed by atoms with van der Waals surface area (Å²) in [6.45, 7) is 4.08. The number of carbonyl (C=O) groups excluding carboxylic acids is 1. The number of aliphatic hydroxyl groups is 2. The van der Waals surface area contributed by atoms with E-state index < -0.39 is 12.1 Å². The highest BCUT2D eigenvalue weighted by atomic mass is 16.3. The van der Waals surface area contributed by atoms with E-state index in [-0.39, 0.29) is 12.5 Å². The van der Waals surface area contributed by atoms with Gasteiger partial charge in [-0.1, -0.05) is 213 Å². The Morgan fingerprint density at radius 3 is 1.14 bits per heavy atom. The van der Waals surface area contributed by atoms with E-state index in [2.05, 4.69) is 129 Å². The van der Waals surface area contributed by atoms with Crippen molar-refractivity contribution < 1.29 is 15.0 Å². The van der Waals surface area contributed by atoms with E-state index in [1.165, 1.54) is 77.0 Å². The molecule has 2 unspecified atom stereocenters. The SMILES string of the molecule is CC/C=C\C/C=C\C/C=C\C/C=C\C/C=C\C/C=C\C/C=C\C/C=C\C/C=C\CCCCCCCCCCCCCCCC(=O)NC(CO)C(O)CCCCC. The molecule has 0 aromatic heterocycles. The van der Waals surface area contributed by atoms with Crippen molar-refractivity contribution in [1.82, 2.24) is 5.32 Å². The van der Waals surface area contributed by atoms with E-state index in [9.17, 15) is 15.0 Å².